The lowest BCUT2D eigenvalue weighted by molar-refractivity contribution is -0.154. The predicted molar refractivity (Wildman–Crippen MR) is 68.0 cm³/mol. The van der Waals surface area contributed by atoms with Crippen LogP contribution in [-0.4, -0.2) is 32.7 Å². The van der Waals surface area contributed by atoms with Crippen LogP contribution in [0.15, 0.2) is 18.2 Å². The molecule has 1 N–H and O–H groups in total. The van der Waals surface area contributed by atoms with Crippen molar-refractivity contribution in [2.24, 2.45) is 0 Å². The Morgan fingerprint density at radius 3 is 2.42 bits per heavy atom. The number of carbonyl (C=O) groups is 2. The van der Waals surface area contributed by atoms with Gasteiger partial charge < -0.3 is 19.5 Å². The van der Waals surface area contributed by atoms with Crippen LogP contribution in [0.1, 0.15) is 12.5 Å². The molecule has 6 heteroatoms. The molecule has 6 nitrogen and oxygen atoms in total. The first-order valence-corrected chi connectivity index (χ1v) is 5.78. The highest BCUT2D eigenvalue weighted by molar-refractivity contribution is 6.32. The highest BCUT2D eigenvalue weighted by Crippen LogP contribution is 2.27. The van der Waals surface area contributed by atoms with Crippen LogP contribution in [0.4, 0.5) is 0 Å². The minimum Gasteiger partial charge on any atom is -0.493 e. The molecule has 0 heterocycles. The summed E-state index contributed by atoms with van der Waals surface area (Å²) in [6.07, 6.45) is 0. The number of ether oxygens (including phenoxy) is 3. The SMILES string of the molecule is CCOC(=O)C(=O)NCc1ccc(OC)c(OC)c1. The predicted octanol–water partition coefficient (Wildman–Crippen LogP) is 0.883. The molecular formula is C13H17NO5. The molecule has 1 rings (SSSR count). The van der Waals surface area contributed by atoms with Gasteiger partial charge in [0, 0.05) is 6.54 Å². The molecule has 0 fully saturated rings. The lowest BCUT2D eigenvalue weighted by Crippen LogP contribution is -2.32. The van der Waals surface area contributed by atoms with Gasteiger partial charge in [0.15, 0.2) is 11.5 Å². The second-order valence-electron chi connectivity index (χ2n) is 3.59. The number of carbonyl (C=O) groups excluding carboxylic acids is 2. The van der Waals surface area contributed by atoms with Crippen LogP contribution in [0.3, 0.4) is 0 Å². The van der Waals surface area contributed by atoms with E-state index in [9.17, 15) is 9.59 Å². The maximum absolute atomic E-state index is 11.3. The van der Waals surface area contributed by atoms with Crippen LogP contribution in [0.2, 0.25) is 0 Å². The molecule has 0 spiro atoms. The zero-order valence-electron chi connectivity index (χ0n) is 11.2. The highest BCUT2D eigenvalue weighted by Gasteiger charge is 2.14. The molecule has 0 bridgehead atoms. The van der Waals surface area contributed by atoms with Gasteiger partial charge in [0.1, 0.15) is 0 Å². The van der Waals surface area contributed by atoms with E-state index in [0.717, 1.165) is 5.56 Å². The number of benzene rings is 1. The van der Waals surface area contributed by atoms with E-state index in [0.29, 0.717) is 11.5 Å². The summed E-state index contributed by atoms with van der Waals surface area (Å²) in [5.41, 5.74) is 0.787. The number of esters is 1. The Bertz CT molecular complexity index is 458. The largest absolute Gasteiger partial charge is 0.493 e. The first-order chi connectivity index (χ1) is 9.12. The molecule has 0 unspecified atom stereocenters. The van der Waals surface area contributed by atoms with Crippen LogP contribution in [0.5, 0.6) is 11.5 Å². The fourth-order valence-corrected chi connectivity index (χ4v) is 1.44. The zero-order valence-corrected chi connectivity index (χ0v) is 11.2. The molecule has 0 aliphatic heterocycles. The first kappa shape index (κ1) is 14.8. The summed E-state index contributed by atoms with van der Waals surface area (Å²) in [6, 6.07) is 5.22. The third-order valence-electron chi connectivity index (χ3n) is 2.36. The average molecular weight is 267 g/mol. The third-order valence-corrected chi connectivity index (χ3v) is 2.36. The Kier molecular flexibility index (Phi) is 5.66. The Labute approximate surface area is 111 Å². The average Bonchev–Trinajstić information content (AvgIpc) is 2.44. The van der Waals surface area contributed by atoms with E-state index < -0.39 is 11.9 Å². The Hall–Kier alpha value is -2.24. The number of hydrogen-bond acceptors (Lipinski definition) is 5. The van der Waals surface area contributed by atoms with E-state index in [2.05, 4.69) is 10.1 Å². The Morgan fingerprint density at radius 1 is 1.16 bits per heavy atom. The van der Waals surface area contributed by atoms with Crippen LogP contribution >= 0.6 is 0 Å². The van der Waals surface area contributed by atoms with E-state index in [4.69, 9.17) is 9.47 Å². The van der Waals surface area contributed by atoms with Gasteiger partial charge in [-0.25, -0.2) is 4.79 Å². The number of nitrogens with one attached hydrogen (secondary N) is 1. The summed E-state index contributed by atoms with van der Waals surface area (Å²) >= 11 is 0. The van der Waals surface area contributed by atoms with Gasteiger partial charge in [0.05, 0.1) is 20.8 Å². The minimum absolute atomic E-state index is 0.169. The van der Waals surface area contributed by atoms with Crippen molar-refractivity contribution in [1.29, 1.82) is 0 Å². The second-order valence-corrected chi connectivity index (χ2v) is 3.59. The first-order valence-electron chi connectivity index (χ1n) is 5.78. The molecular weight excluding hydrogens is 250 g/mol. The second kappa shape index (κ2) is 7.25. The van der Waals surface area contributed by atoms with Crippen molar-refractivity contribution in [1.82, 2.24) is 5.32 Å². The van der Waals surface area contributed by atoms with Crippen LogP contribution < -0.4 is 14.8 Å². The van der Waals surface area contributed by atoms with Gasteiger partial charge in [-0.2, -0.15) is 0 Å². The van der Waals surface area contributed by atoms with E-state index >= 15 is 0 Å². The van der Waals surface area contributed by atoms with Crippen molar-refractivity contribution in [3.63, 3.8) is 0 Å². The van der Waals surface area contributed by atoms with E-state index in [1.54, 1.807) is 32.2 Å². The van der Waals surface area contributed by atoms with Crippen molar-refractivity contribution < 1.29 is 23.8 Å². The smallest absolute Gasteiger partial charge is 0.396 e. The molecule has 0 aliphatic rings. The molecule has 1 aromatic rings. The van der Waals surface area contributed by atoms with E-state index in [-0.39, 0.29) is 13.2 Å². The zero-order chi connectivity index (χ0) is 14.3. The van der Waals surface area contributed by atoms with Gasteiger partial charge in [0.25, 0.3) is 0 Å². The van der Waals surface area contributed by atoms with E-state index in [1.165, 1.54) is 7.11 Å². The number of amides is 1. The molecule has 0 atom stereocenters. The summed E-state index contributed by atoms with van der Waals surface area (Å²) in [6.45, 7) is 2.01. The molecule has 19 heavy (non-hydrogen) atoms. The molecule has 1 amide bonds. The minimum atomic E-state index is -0.886. The summed E-state index contributed by atoms with van der Waals surface area (Å²) in [4.78, 5) is 22.5. The normalized spacial score (nSPS) is 9.63. The summed E-state index contributed by atoms with van der Waals surface area (Å²) in [5.74, 6) is -0.493. The van der Waals surface area contributed by atoms with Crippen molar-refractivity contribution in [2.45, 2.75) is 13.5 Å². The van der Waals surface area contributed by atoms with Gasteiger partial charge in [-0.3, -0.25) is 4.79 Å². The fourth-order valence-electron chi connectivity index (χ4n) is 1.44. The van der Waals surface area contributed by atoms with Crippen molar-refractivity contribution in [3.8, 4) is 11.5 Å². The monoisotopic (exact) mass is 267 g/mol. The maximum Gasteiger partial charge on any atom is 0.396 e. The molecule has 0 radical (unpaired) electrons. The quantitative estimate of drug-likeness (QED) is 0.633. The van der Waals surface area contributed by atoms with Gasteiger partial charge >= 0.3 is 11.9 Å². The van der Waals surface area contributed by atoms with E-state index in [1.807, 2.05) is 0 Å². The Balaban J connectivity index is 2.63. The van der Waals surface area contributed by atoms with Crippen molar-refractivity contribution in [3.05, 3.63) is 23.8 Å². The standard InChI is InChI=1S/C13H17NO5/c1-4-19-13(16)12(15)14-8-9-5-6-10(17-2)11(7-9)18-3/h5-7H,4,8H2,1-3H3,(H,14,15). The maximum atomic E-state index is 11.3. The number of hydrogen-bond donors (Lipinski definition) is 1. The third kappa shape index (κ3) is 4.17. The molecule has 104 valence electrons. The van der Waals surface area contributed by atoms with Crippen LogP contribution in [-0.2, 0) is 20.9 Å². The summed E-state index contributed by atoms with van der Waals surface area (Å²) in [5, 5.41) is 2.46. The topological polar surface area (TPSA) is 73.9 Å². The summed E-state index contributed by atoms with van der Waals surface area (Å²) < 4.78 is 14.8. The molecule has 0 aromatic heterocycles. The van der Waals surface area contributed by atoms with Crippen molar-refractivity contribution in [2.75, 3.05) is 20.8 Å². The molecule has 1 aromatic carbocycles. The molecule has 0 aliphatic carbocycles. The van der Waals surface area contributed by atoms with Gasteiger partial charge in [-0.1, -0.05) is 6.07 Å². The van der Waals surface area contributed by atoms with Gasteiger partial charge in [-0.15, -0.1) is 0 Å². The summed E-state index contributed by atoms with van der Waals surface area (Å²) in [7, 11) is 3.07. The molecule has 0 saturated carbocycles. The number of methoxy groups -OCH3 is 2. The lowest BCUT2D eigenvalue weighted by atomic mass is 10.2. The lowest BCUT2D eigenvalue weighted by Gasteiger charge is -2.10. The van der Waals surface area contributed by atoms with Crippen LogP contribution in [0, 0.1) is 0 Å². The van der Waals surface area contributed by atoms with Crippen LogP contribution in [0.25, 0.3) is 0 Å². The molecule has 0 saturated heterocycles. The Morgan fingerprint density at radius 2 is 1.84 bits per heavy atom. The van der Waals surface area contributed by atoms with Crippen molar-refractivity contribution >= 4 is 11.9 Å². The van der Waals surface area contributed by atoms with Gasteiger partial charge in [-0.05, 0) is 24.6 Å². The van der Waals surface area contributed by atoms with Gasteiger partial charge in [0.2, 0.25) is 0 Å². The number of rotatable bonds is 5. The highest BCUT2D eigenvalue weighted by atomic mass is 16.5. The fraction of sp³-hybridized carbons (Fsp3) is 0.385.